The van der Waals surface area contributed by atoms with Gasteiger partial charge in [-0.15, -0.1) is 0 Å². The smallest absolute Gasteiger partial charge is 0.163 e. The van der Waals surface area contributed by atoms with Crippen molar-refractivity contribution < 1.29 is 9.47 Å². The fourth-order valence-corrected chi connectivity index (χ4v) is 1.67. The largest absolute Gasteiger partial charge is 0.367 e. The molecule has 4 nitrogen and oxygen atoms in total. The summed E-state index contributed by atoms with van der Waals surface area (Å²) >= 11 is 5.74. The van der Waals surface area contributed by atoms with Gasteiger partial charge in [0.1, 0.15) is 11.9 Å². The molecule has 1 saturated heterocycles. The van der Waals surface area contributed by atoms with Crippen LogP contribution in [0.3, 0.4) is 0 Å². The van der Waals surface area contributed by atoms with Crippen LogP contribution in [0.5, 0.6) is 0 Å². The molecule has 0 spiro atoms. The summed E-state index contributed by atoms with van der Waals surface area (Å²) in [5, 5.41) is 3.81. The van der Waals surface area contributed by atoms with Gasteiger partial charge in [-0.2, -0.15) is 0 Å². The second-order valence-electron chi connectivity index (χ2n) is 4.19. The van der Waals surface area contributed by atoms with Crippen LogP contribution < -0.4 is 5.32 Å². The summed E-state index contributed by atoms with van der Waals surface area (Å²) in [6, 6.07) is 3.64. The van der Waals surface area contributed by atoms with Crippen LogP contribution in [0.15, 0.2) is 18.3 Å². The quantitative estimate of drug-likeness (QED) is 0.883. The summed E-state index contributed by atoms with van der Waals surface area (Å²) in [6.07, 6.45) is 1.67. The Kier molecular flexibility index (Phi) is 3.33. The van der Waals surface area contributed by atoms with Crippen molar-refractivity contribution in [1.29, 1.82) is 0 Å². The van der Waals surface area contributed by atoms with E-state index in [0.717, 1.165) is 5.82 Å². The van der Waals surface area contributed by atoms with Crippen molar-refractivity contribution in [3.8, 4) is 0 Å². The number of hydrogen-bond acceptors (Lipinski definition) is 4. The zero-order chi connectivity index (χ0) is 11.6. The van der Waals surface area contributed by atoms with Crippen LogP contribution in [0.1, 0.15) is 13.8 Å². The van der Waals surface area contributed by atoms with Crippen LogP contribution in [0.2, 0.25) is 5.02 Å². The zero-order valence-electron chi connectivity index (χ0n) is 9.37. The Morgan fingerprint density at radius 1 is 1.56 bits per heavy atom. The molecule has 1 fully saturated rings. The first kappa shape index (κ1) is 11.6. The van der Waals surface area contributed by atoms with Gasteiger partial charge >= 0.3 is 0 Å². The van der Waals surface area contributed by atoms with Crippen LogP contribution in [0.4, 0.5) is 5.82 Å². The molecule has 1 unspecified atom stereocenters. The molecule has 1 aliphatic rings. The molecule has 2 rings (SSSR count). The standard InChI is InChI=1S/C11H15ClN2O2/c1-11(2)15-7-9(16-11)6-14-10-4-3-8(12)5-13-10/h3-5,9H,6-7H2,1-2H3,(H,13,14). The van der Waals surface area contributed by atoms with E-state index in [1.54, 1.807) is 12.3 Å². The monoisotopic (exact) mass is 242 g/mol. The fraction of sp³-hybridized carbons (Fsp3) is 0.545. The summed E-state index contributed by atoms with van der Waals surface area (Å²) in [5.41, 5.74) is 0. The van der Waals surface area contributed by atoms with E-state index >= 15 is 0 Å². The first-order valence-electron chi connectivity index (χ1n) is 5.22. The van der Waals surface area contributed by atoms with Crippen molar-refractivity contribution in [1.82, 2.24) is 4.98 Å². The van der Waals surface area contributed by atoms with Crippen LogP contribution >= 0.6 is 11.6 Å². The van der Waals surface area contributed by atoms with Crippen molar-refractivity contribution in [2.75, 3.05) is 18.5 Å². The summed E-state index contributed by atoms with van der Waals surface area (Å²) in [7, 11) is 0. The maximum absolute atomic E-state index is 5.74. The van der Waals surface area contributed by atoms with Crippen molar-refractivity contribution >= 4 is 17.4 Å². The molecule has 1 atom stereocenters. The van der Waals surface area contributed by atoms with Gasteiger partial charge in [0.05, 0.1) is 11.6 Å². The summed E-state index contributed by atoms with van der Waals surface area (Å²) < 4.78 is 11.1. The van der Waals surface area contributed by atoms with E-state index in [2.05, 4.69) is 10.3 Å². The topological polar surface area (TPSA) is 43.4 Å². The molecule has 0 aromatic carbocycles. The number of nitrogens with zero attached hydrogens (tertiary/aromatic N) is 1. The van der Waals surface area contributed by atoms with Crippen LogP contribution in [0.25, 0.3) is 0 Å². The highest BCUT2D eigenvalue weighted by atomic mass is 35.5. The van der Waals surface area contributed by atoms with Crippen molar-refractivity contribution in [3.05, 3.63) is 23.4 Å². The van der Waals surface area contributed by atoms with Crippen LogP contribution in [0, 0.1) is 0 Å². The van der Waals surface area contributed by atoms with Gasteiger partial charge in [0.15, 0.2) is 5.79 Å². The van der Waals surface area contributed by atoms with E-state index in [0.29, 0.717) is 18.2 Å². The maximum atomic E-state index is 5.74. The van der Waals surface area contributed by atoms with Gasteiger partial charge in [-0.05, 0) is 26.0 Å². The summed E-state index contributed by atoms with van der Waals surface area (Å²) in [5.74, 6) is 0.317. The third kappa shape index (κ3) is 3.07. The van der Waals surface area contributed by atoms with Gasteiger partial charge in [0.2, 0.25) is 0 Å². The second kappa shape index (κ2) is 4.57. The zero-order valence-corrected chi connectivity index (χ0v) is 10.1. The van der Waals surface area contributed by atoms with Gasteiger partial charge in [-0.1, -0.05) is 11.6 Å². The molecule has 88 valence electrons. The SMILES string of the molecule is CC1(C)OCC(CNc2ccc(Cl)cn2)O1. The predicted molar refractivity (Wildman–Crippen MR) is 62.6 cm³/mol. The van der Waals surface area contributed by atoms with Crippen LogP contribution in [-0.2, 0) is 9.47 Å². The Bertz CT molecular complexity index is 354. The first-order valence-corrected chi connectivity index (χ1v) is 5.60. The van der Waals surface area contributed by atoms with Gasteiger partial charge in [-0.3, -0.25) is 0 Å². The highest BCUT2D eigenvalue weighted by Crippen LogP contribution is 2.22. The normalized spacial score (nSPS) is 23.3. The molecule has 1 aliphatic heterocycles. The minimum Gasteiger partial charge on any atom is -0.367 e. The van der Waals surface area contributed by atoms with Gasteiger partial charge < -0.3 is 14.8 Å². The van der Waals surface area contributed by atoms with E-state index in [1.165, 1.54) is 0 Å². The average molecular weight is 243 g/mol. The molecule has 1 aromatic heterocycles. The average Bonchev–Trinajstić information content (AvgIpc) is 2.58. The first-order chi connectivity index (χ1) is 7.55. The van der Waals surface area contributed by atoms with E-state index in [4.69, 9.17) is 21.1 Å². The molecule has 5 heteroatoms. The molecule has 0 radical (unpaired) electrons. The Balaban J connectivity index is 1.82. The number of ether oxygens (including phenoxy) is 2. The van der Waals surface area contributed by atoms with Crippen molar-refractivity contribution in [3.63, 3.8) is 0 Å². The number of nitrogens with one attached hydrogen (secondary N) is 1. The number of aromatic nitrogens is 1. The minimum absolute atomic E-state index is 0.0625. The van der Waals surface area contributed by atoms with E-state index < -0.39 is 5.79 Å². The predicted octanol–water partition coefficient (Wildman–Crippen LogP) is 2.30. The molecule has 0 bridgehead atoms. The molecule has 0 amide bonds. The molecule has 16 heavy (non-hydrogen) atoms. The van der Waals surface area contributed by atoms with Gasteiger partial charge in [0, 0.05) is 12.7 Å². The van der Waals surface area contributed by atoms with E-state index in [-0.39, 0.29) is 6.10 Å². The summed E-state index contributed by atoms with van der Waals surface area (Å²) in [6.45, 7) is 5.10. The maximum Gasteiger partial charge on any atom is 0.163 e. The number of hydrogen-bond donors (Lipinski definition) is 1. The highest BCUT2D eigenvalue weighted by molar-refractivity contribution is 6.30. The molecule has 0 saturated carbocycles. The van der Waals surface area contributed by atoms with Crippen molar-refractivity contribution in [2.45, 2.75) is 25.7 Å². The molecule has 0 aliphatic carbocycles. The lowest BCUT2D eigenvalue weighted by molar-refractivity contribution is -0.136. The van der Waals surface area contributed by atoms with E-state index in [9.17, 15) is 0 Å². The number of rotatable bonds is 3. The van der Waals surface area contributed by atoms with Crippen LogP contribution in [-0.4, -0.2) is 30.0 Å². The highest BCUT2D eigenvalue weighted by Gasteiger charge is 2.32. The van der Waals surface area contributed by atoms with Crippen molar-refractivity contribution in [2.24, 2.45) is 0 Å². The number of pyridine rings is 1. The summed E-state index contributed by atoms with van der Waals surface area (Å²) in [4.78, 5) is 4.14. The molecular formula is C11H15ClN2O2. The number of halogens is 1. The lowest BCUT2D eigenvalue weighted by atomic mass is 10.3. The fourth-order valence-electron chi connectivity index (χ4n) is 1.56. The Labute approximate surface area is 99.9 Å². The lowest BCUT2D eigenvalue weighted by Gasteiger charge is -2.17. The molecule has 2 heterocycles. The molecular weight excluding hydrogens is 228 g/mol. The van der Waals surface area contributed by atoms with E-state index in [1.807, 2.05) is 19.9 Å². The Morgan fingerprint density at radius 3 is 2.94 bits per heavy atom. The Morgan fingerprint density at radius 2 is 2.38 bits per heavy atom. The number of anilines is 1. The lowest BCUT2D eigenvalue weighted by Crippen LogP contribution is -2.26. The second-order valence-corrected chi connectivity index (χ2v) is 4.63. The molecule has 1 aromatic rings. The molecule has 1 N–H and O–H groups in total. The van der Waals surface area contributed by atoms with Gasteiger partial charge in [-0.25, -0.2) is 4.98 Å². The Hall–Kier alpha value is -0.840. The van der Waals surface area contributed by atoms with Gasteiger partial charge in [0.25, 0.3) is 0 Å². The minimum atomic E-state index is -0.472. The third-order valence-electron chi connectivity index (χ3n) is 2.31. The third-order valence-corrected chi connectivity index (χ3v) is 2.53.